The molecule has 0 aliphatic rings. The van der Waals surface area contributed by atoms with E-state index in [9.17, 15) is 13.2 Å². The van der Waals surface area contributed by atoms with Crippen LogP contribution >= 0.6 is 15.9 Å². The molecule has 0 saturated heterocycles. The van der Waals surface area contributed by atoms with E-state index >= 15 is 0 Å². The van der Waals surface area contributed by atoms with Gasteiger partial charge < -0.3 is 5.73 Å². The summed E-state index contributed by atoms with van der Waals surface area (Å²) in [5, 5.41) is 0. The first-order valence-electron chi connectivity index (χ1n) is 4.17. The van der Waals surface area contributed by atoms with Gasteiger partial charge in [0.05, 0.1) is 0 Å². The minimum atomic E-state index is -4.36. The van der Waals surface area contributed by atoms with Gasteiger partial charge in [0.1, 0.15) is 0 Å². The van der Waals surface area contributed by atoms with Crippen molar-refractivity contribution in [2.45, 2.75) is 6.18 Å². The molecule has 0 unspecified atom stereocenters. The summed E-state index contributed by atoms with van der Waals surface area (Å²) in [7, 11) is 0. The van der Waals surface area contributed by atoms with Crippen LogP contribution < -0.4 is 5.73 Å². The van der Waals surface area contributed by atoms with Gasteiger partial charge in [0.2, 0.25) is 0 Å². The van der Waals surface area contributed by atoms with Crippen LogP contribution in [0, 0.1) is 0 Å². The molecule has 1 nitrogen and oxygen atoms in total. The zero-order valence-electron chi connectivity index (χ0n) is 7.68. The van der Waals surface area contributed by atoms with E-state index in [4.69, 9.17) is 5.73 Å². The molecule has 1 aromatic carbocycles. The van der Waals surface area contributed by atoms with Crippen molar-refractivity contribution in [2.75, 3.05) is 6.54 Å². The average Bonchev–Trinajstić information content (AvgIpc) is 2.15. The SMILES string of the molecule is NC/C(=C\c1ccc(Br)cc1)C(F)(F)F. The Morgan fingerprint density at radius 3 is 2.20 bits per heavy atom. The summed E-state index contributed by atoms with van der Waals surface area (Å²) in [6.07, 6.45) is -3.31. The van der Waals surface area contributed by atoms with Gasteiger partial charge in [-0.3, -0.25) is 0 Å². The number of rotatable bonds is 2. The fourth-order valence-corrected chi connectivity index (χ4v) is 1.28. The van der Waals surface area contributed by atoms with E-state index in [1.54, 1.807) is 24.3 Å². The highest BCUT2D eigenvalue weighted by Crippen LogP contribution is 2.26. The maximum absolute atomic E-state index is 12.3. The second-order valence-electron chi connectivity index (χ2n) is 2.92. The molecule has 0 heterocycles. The van der Waals surface area contributed by atoms with Gasteiger partial charge in [0.15, 0.2) is 0 Å². The topological polar surface area (TPSA) is 26.0 Å². The number of benzene rings is 1. The van der Waals surface area contributed by atoms with Crippen LogP contribution in [0.15, 0.2) is 34.3 Å². The van der Waals surface area contributed by atoms with Crippen LogP contribution in [0.25, 0.3) is 6.08 Å². The van der Waals surface area contributed by atoms with Crippen LogP contribution in [0.3, 0.4) is 0 Å². The Morgan fingerprint density at radius 2 is 1.80 bits per heavy atom. The van der Waals surface area contributed by atoms with Gasteiger partial charge in [-0.05, 0) is 23.8 Å². The quantitative estimate of drug-likeness (QED) is 0.883. The molecule has 0 radical (unpaired) electrons. The number of hydrogen-bond donors (Lipinski definition) is 1. The smallest absolute Gasteiger partial charge is 0.326 e. The third kappa shape index (κ3) is 3.68. The van der Waals surface area contributed by atoms with Crippen LogP contribution in [0.5, 0.6) is 0 Å². The van der Waals surface area contributed by atoms with E-state index in [2.05, 4.69) is 15.9 Å². The molecule has 2 N–H and O–H groups in total. The number of nitrogens with two attached hydrogens (primary N) is 1. The highest BCUT2D eigenvalue weighted by atomic mass is 79.9. The molecule has 0 amide bonds. The Balaban J connectivity index is 2.99. The number of alkyl halides is 3. The van der Waals surface area contributed by atoms with Crippen molar-refractivity contribution in [3.05, 3.63) is 39.9 Å². The molecule has 0 spiro atoms. The van der Waals surface area contributed by atoms with E-state index in [0.29, 0.717) is 5.56 Å². The van der Waals surface area contributed by atoms with E-state index in [0.717, 1.165) is 10.5 Å². The van der Waals surface area contributed by atoms with Crippen molar-refractivity contribution in [1.82, 2.24) is 0 Å². The first-order chi connectivity index (χ1) is 6.93. The zero-order valence-corrected chi connectivity index (χ0v) is 9.27. The Hall–Kier alpha value is -0.810. The van der Waals surface area contributed by atoms with Crippen LogP contribution in [0.1, 0.15) is 5.56 Å². The van der Waals surface area contributed by atoms with Gasteiger partial charge in [-0.2, -0.15) is 13.2 Å². The second-order valence-corrected chi connectivity index (χ2v) is 3.84. The molecule has 0 aliphatic heterocycles. The van der Waals surface area contributed by atoms with Crippen molar-refractivity contribution >= 4 is 22.0 Å². The molecule has 0 atom stereocenters. The molecule has 15 heavy (non-hydrogen) atoms. The lowest BCUT2D eigenvalue weighted by atomic mass is 10.1. The molecule has 0 saturated carbocycles. The molecular weight excluding hydrogens is 271 g/mol. The summed E-state index contributed by atoms with van der Waals surface area (Å²) in [6.45, 7) is -0.514. The standard InChI is InChI=1S/C10H9BrF3N/c11-9-3-1-7(2-4-9)5-8(6-15)10(12,13)14/h1-5H,6,15H2/b8-5+. The van der Waals surface area contributed by atoms with Gasteiger partial charge in [0, 0.05) is 16.6 Å². The third-order valence-electron chi connectivity index (χ3n) is 1.79. The molecular formula is C10H9BrF3N. The Morgan fingerprint density at radius 1 is 1.27 bits per heavy atom. The van der Waals surface area contributed by atoms with Gasteiger partial charge in [0.25, 0.3) is 0 Å². The summed E-state index contributed by atoms with van der Waals surface area (Å²) in [4.78, 5) is 0. The lowest BCUT2D eigenvalue weighted by Gasteiger charge is -2.09. The van der Waals surface area contributed by atoms with Crippen molar-refractivity contribution in [3.8, 4) is 0 Å². The van der Waals surface area contributed by atoms with Gasteiger partial charge in [-0.1, -0.05) is 28.1 Å². The molecule has 1 rings (SSSR count). The predicted octanol–water partition coefficient (Wildman–Crippen LogP) is 3.35. The van der Waals surface area contributed by atoms with E-state index in [1.165, 1.54) is 0 Å². The fraction of sp³-hybridized carbons (Fsp3) is 0.200. The van der Waals surface area contributed by atoms with Crippen LogP contribution in [-0.2, 0) is 0 Å². The lowest BCUT2D eigenvalue weighted by molar-refractivity contribution is -0.0912. The van der Waals surface area contributed by atoms with Crippen molar-refractivity contribution in [3.63, 3.8) is 0 Å². The van der Waals surface area contributed by atoms with E-state index < -0.39 is 18.3 Å². The van der Waals surface area contributed by atoms with Crippen molar-refractivity contribution in [2.24, 2.45) is 5.73 Å². The summed E-state index contributed by atoms with van der Waals surface area (Å²) in [6, 6.07) is 6.53. The average molecular weight is 280 g/mol. The second kappa shape index (κ2) is 4.81. The lowest BCUT2D eigenvalue weighted by Crippen LogP contribution is -2.19. The fourth-order valence-electron chi connectivity index (χ4n) is 1.02. The monoisotopic (exact) mass is 279 g/mol. The maximum Gasteiger partial charge on any atom is 0.413 e. The highest BCUT2D eigenvalue weighted by Gasteiger charge is 2.32. The Labute approximate surface area is 93.9 Å². The van der Waals surface area contributed by atoms with Gasteiger partial charge in [-0.15, -0.1) is 0 Å². The first-order valence-corrected chi connectivity index (χ1v) is 4.96. The molecule has 82 valence electrons. The van der Waals surface area contributed by atoms with Crippen LogP contribution in [0.4, 0.5) is 13.2 Å². The summed E-state index contributed by atoms with van der Waals surface area (Å²) >= 11 is 3.20. The van der Waals surface area contributed by atoms with Crippen molar-refractivity contribution in [1.29, 1.82) is 0 Å². The normalized spacial score (nSPS) is 13.0. The molecule has 0 aromatic heterocycles. The highest BCUT2D eigenvalue weighted by molar-refractivity contribution is 9.10. The summed E-state index contributed by atoms with van der Waals surface area (Å²) < 4.78 is 37.8. The Kier molecular flexibility index (Phi) is 3.93. The molecule has 5 heteroatoms. The van der Waals surface area contributed by atoms with Crippen LogP contribution in [-0.4, -0.2) is 12.7 Å². The van der Waals surface area contributed by atoms with Gasteiger partial charge in [-0.25, -0.2) is 0 Å². The van der Waals surface area contributed by atoms with E-state index in [1.807, 2.05) is 0 Å². The van der Waals surface area contributed by atoms with Crippen molar-refractivity contribution < 1.29 is 13.2 Å². The minimum Gasteiger partial charge on any atom is -0.326 e. The number of halogens is 4. The first kappa shape index (κ1) is 12.3. The number of hydrogen-bond acceptors (Lipinski definition) is 1. The largest absolute Gasteiger partial charge is 0.413 e. The molecule has 0 aliphatic carbocycles. The minimum absolute atomic E-state index is 0.482. The van der Waals surface area contributed by atoms with Gasteiger partial charge >= 0.3 is 6.18 Å². The third-order valence-corrected chi connectivity index (χ3v) is 2.32. The summed E-state index contributed by atoms with van der Waals surface area (Å²) in [5.74, 6) is 0. The molecule has 1 aromatic rings. The zero-order chi connectivity index (χ0) is 11.5. The van der Waals surface area contributed by atoms with E-state index in [-0.39, 0.29) is 0 Å². The molecule has 0 bridgehead atoms. The maximum atomic E-state index is 12.3. The molecule has 0 fully saturated rings. The Bertz CT molecular complexity index is 354. The predicted molar refractivity (Wildman–Crippen MR) is 57.2 cm³/mol. The summed E-state index contributed by atoms with van der Waals surface area (Å²) in [5.41, 5.74) is 4.79. The van der Waals surface area contributed by atoms with Crippen LogP contribution in [0.2, 0.25) is 0 Å².